The van der Waals surface area contributed by atoms with Gasteiger partial charge < -0.3 is 20.9 Å². The minimum absolute atomic E-state index is 0.126. The smallest absolute Gasteiger partial charge is 0.204 e. The number of aromatic nitrogens is 1. The van der Waals surface area contributed by atoms with Crippen LogP contribution in [-0.4, -0.2) is 25.2 Å². The van der Waals surface area contributed by atoms with Gasteiger partial charge in [-0.15, -0.1) is 0 Å². The maximum atomic E-state index is 5.69. The highest BCUT2D eigenvalue weighted by atomic mass is 16.5. The van der Waals surface area contributed by atoms with Gasteiger partial charge in [0.05, 0.1) is 14.2 Å². The number of nitrogen functional groups attached to an aromatic ring is 1. The molecule has 17 heavy (non-hydrogen) atoms. The molecular formula is C12H19N3O2. The second-order valence-electron chi connectivity index (χ2n) is 3.78. The molecular weight excluding hydrogens is 218 g/mol. The van der Waals surface area contributed by atoms with Crippen molar-refractivity contribution < 1.29 is 9.47 Å². The van der Waals surface area contributed by atoms with Gasteiger partial charge in [-0.2, -0.15) is 0 Å². The first kappa shape index (κ1) is 13.3. The number of nitrogens with zero attached hydrogens (tertiary/aromatic N) is 1. The average molecular weight is 237 g/mol. The maximum absolute atomic E-state index is 5.69. The summed E-state index contributed by atoms with van der Waals surface area (Å²) >= 11 is 0. The van der Waals surface area contributed by atoms with Crippen LogP contribution in [0.2, 0.25) is 0 Å². The van der Waals surface area contributed by atoms with Crippen molar-refractivity contribution in [2.45, 2.75) is 19.4 Å². The lowest BCUT2D eigenvalue weighted by molar-refractivity contribution is 0.354. The van der Waals surface area contributed by atoms with Crippen LogP contribution in [0.3, 0.4) is 0 Å². The fraction of sp³-hybridized carbons (Fsp3) is 0.417. The maximum Gasteiger partial charge on any atom is 0.204 e. The Labute approximate surface area is 101 Å². The molecule has 0 aliphatic heterocycles. The van der Waals surface area contributed by atoms with E-state index in [0.29, 0.717) is 17.3 Å². The van der Waals surface area contributed by atoms with Crippen LogP contribution in [0.5, 0.6) is 11.5 Å². The van der Waals surface area contributed by atoms with Crippen LogP contribution in [0.4, 0.5) is 5.82 Å². The molecule has 94 valence electrons. The van der Waals surface area contributed by atoms with Gasteiger partial charge in [0.25, 0.3) is 0 Å². The zero-order valence-corrected chi connectivity index (χ0v) is 10.4. The highest BCUT2D eigenvalue weighted by molar-refractivity contribution is 5.67. The Balaban J connectivity index is 3.03. The van der Waals surface area contributed by atoms with Crippen molar-refractivity contribution >= 4 is 11.9 Å². The lowest BCUT2D eigenvalue weighted by Gasteiger charge is -2.11. The van der Waals surface area contributed by atoms with Crippen molar-refractivity contribution in [1.82, 2.24) is 4.98 Å². The number of anilines is 1. The van der Waals surface area contributed by atoms with Crippen LogP contribution < -0.4 is 20.9 Å². The van der Waals surface area contributed by atoms with E-state index >= 15 is 0 Å². The largest absolute Gasteiger partial charge is 0.492 e. The Morgan fingerprint density at radius 3 is 2.53 bits per heavy atom. The zero-order valence-electron chi connectivity index (χ0n) is 10.4. The molecule has 1 rings (SSSR count). The van der Waals surface area contributed by atoms with Crippen LogP contribution in [0.25, 0.3) is 6.08 Å². The number of rotatable bonds is 5. The van der Waals surface area contributed by atoms with Crippen LogP contribution in [0.15, 0.2) is 12.3 Å². The van der Waals surface area contributed by atoms with Crippen molar-refractivity contribution in [2.24, 2.45) is 5.73 Å². The van der Waals surface area contributed by atoms with Crippen LogP contribution in [0.1, 0.15) is 18.9 Å². The summed E-state index contributed by atoms with van der Waals surface area (Å²) in [7, 11) is 3.10. The van der Waals surface area contributed by atoms with Crippen LogP contribution in [0, 0.1) is 0 Å². The number of ether oxygens (including phenoxy) is 2. The normalized spacial score (nSPS) is 12.7. The van der Waals surface area contributed by atoms with Gasteiger partial charge in [-0.25, -0.2) is 4.98 Å². The Kier molecular flexibility index (Phi) is 4.78. The molecule has 0 unspecified atom stereocenters. The first-order valence-electron chi connectivity index (χ1n) is 5.38. The summed E-state index contributed by atoms with van der Waals surface area (Å²) in [5.74, 6) is 1.35. The summed E-state index contributed by atoms with van der Waals surface area (Å²) in [4.78, 5) is 4.05. The first-order chi connectivity index (χ1) is 8.10. The SMILES string of the molecule is COc1c(/C=C/C[C@H](C)N)cnc(N)c1OC. The first-order valence-corrected chi connectivity index (χ1v) is 5.38. The molecule has 0 aliphatic carbocycles. The molecule has 0 aliphatic rings. The molecule has 1 aromatic heterocycles. The predicted molar refractivity (Wildman–Crippen MR) is 69.1 cm³/mol. The minimum atomic E-state index is 0.126. The molecule has 0 saturated heterocycles. The van der Waals surface area contributed by atoms with Crippen molar-refractivity contribution in [3.05, 3.63) is 17.8 Å². The van der Waals surface area contributed by atoms with Gasteiger partial charge >= 0.3 is 0 Å². The van der Waals surface area contributed by atoms with Gasteiger partial charge in [0.2, 0.25) is 5.75 Å². The average Bonchev–Trinajstić information content (AvgIpc) is 2.29. The quantitative estimate of drug-likeness (QED) is 0.809. The van der Waals surface area contributed by atoms with Crippen LogP contribution in [-0.2, 0) is 0 Å². The van der Waals surface area contributed by atoms with Gasteiger partial charge in [0.1, 0.15) is 0 Å². The Morgan fingerprint density at radius 2 is 2.00 bits per heavy atom. The molecule has 1 heterocycles. The van der Waals surface area contributed by atoms with Crippen molar-refractivity contribution in [2.75, 3.05) is 20.0 Å². The highest BCUT2D eigenvalue weighted by Crippen LogP contribution is 2.35. The summed E-state index contributed by atoms with van der Waals surface area (Å²) in [5, 5.41) is 0. The van der Waals surface area contributed by atoms with Crippen molar-refractivity contribution in [3.8, 4) is 11.5 Å². The van der Waals surface area contributed by atoms with Crippen molar-refractivity contribution in [3.63, 3.8) is 0 Å². The number of pyridine rings is 1. The number of methoxy groups -OCH3 is 2. The second kappa shape index (κ2) is 6.10. The van der Waals surface area contributed by atoms with E-state index in [2.05, 4.69) is 4.98 Å². The van der Waals surface area contributed by atoms with Gasteiger partial charge in [0.15, 0.2) is 11.6 Å². The van der Waals surface area contributed by atoms with E-state index in [1.807, 2.05) is 19.1 Å². The molecule has 0 aromatic carbocycles. The summed E-state index contributed by atoms with van der Waals surface area (Å²) < 4.78 is 10.4. The molecule has 0 saturated carbocycles. The highest BCUT2D eigenvalue weighted by Gasteiger charge is 2.12. The van der Waals surface area contributed by atoms with Crippen molar-refractivity contribution in [1.29, 1.82) is 0 Å². The zero-order chi connectivity index (χ0) is 12.8. The van der Waals surface area contributed by atoms with E-state index in [1.165, 1.54) is 7.11 Å². The summed E-state index contributed by atoms with van der Waals surface area (Å²) in [6.45, 7) is 1.95. The topological polar surface area (TPSA) is 83.4 Å². The molecule has 0 radical (unpaired) electrons. The third-order valence-electron chi connectivity index (χ3n) is 2.26. The number of hydrogen-bond acceptors (Lipinski definition) is 5. The third kappa shape index (κ3) is 3.35. The molecule has 0 fully saturated rings. The summed E-state index contributed by atoms with van der Waals surface area (Å²) in [6.07, 6.45) is 6.31. The fourth-order valence-electron chi connectivity index (χ4n) is 1.44. The van der Waals surface area contributed by atoms with E-state index in [-0.39, 0.29) is 6.04 Å². The fourth-order valence-corrected chi connectivity index (χ4v) is 1.44. The monoisotopic (exact) mass is 237 g/mol. The predicted octanol–water partition coefficient (Wildman–Crippen LogP) is 1.43. The summed E-state index contributed by atoms with van der Waals surface area (Å²) in [5.41, 5.74) is 12.2. The number of nitrogens with two attached hydrogens (primary N) is 2. The Hall–Kier alpha value is -1.75. The molecule has 4 N–H and O–H groups in total. The Bertz CT molecular complexity index is 403. The van der Waals surface area contributed by atoms with Gasteiger partial charge in [0, 0.05) is 17.8 Å². The molecule has 1 atom stereocenters. The van der Waals surface area contributed by atoms with E-state index in [9.17, 15) is 0 Å². The molecule has 5 heteroatoms. The molecule has 0 bridgehead atoms. The van der Waals surface area contributed by atoms with E-state index in [1.54, 1.807) is 13.3 Å². The van der Waals surface area contributed by atoms with Crippen LogP contribution >= 0.6 is 0 Å². The third-order valence-corrected chi connectivity index (χ3v) is 2.26. The molecule has 0 amide bonds. The standard InChI is InChI=1S/C12H19N3O2/c1-8(13)5-4-6-9-7-15-12(14)11(17-3)10(9)16-2/h4,6-8H,5,13H2,1-3H3,(H2,14,15)/b6-4+/t8-/m0/s1. The molecule has 0 spiro atoms. The number of hydrogen-bond donors (Lipinski definition) is 2. The van der Waals surface area contributed by atoms with Gasteiger partial charge in [-0.3, -0.25) is 0 Å². The Morgan fingerprint density at radius 1 is 1.35 bits per heavy atom. The lowest BCUT2D eigenvalue weighted by Crippen LogP contribution is -2.12. The lowest BCUT2D eigenvalue weighted by atomic mass is 10.1. The minimum Gasteiger partial charge on any atom is -0.492 e. The molecule has 5 nitrogen and oxygen atoms in total. The van der Waals surface area contributed by atoms with E-state index < -0.39 is 0 Å². The van der Waals surface area contributed by atoms with E-state index in [0.717, 1.165) is 12.0 Å². The van der Waals surface area contributed by atoms with Gasteiger partial charge in [-0.1, -0.05) is 12.2 Å². The summed E-state index contributed by atoms with van der Waals surface area (Å²) in [6, 6.07) is 0.126. The molecule has 1 aromatic rings. The van der Waals surface area contributed by atoms with Gasteiger partial charge in [-0.05, 0) is 13.3 Å². The van der Waals surface area contributed by atoms with E-state index in [4.69, 9.17) is 20.9 Å². The second-order valence-corrected chi connectivity index (χ2v) is 3.78.